The molecule has 0 aliphatic carbocycles. The van der Waals surface area contributed by atoms with E-state index in [-0.39, 0.29) is 29.8 Å². The Morgan fingerprint density at radius 1 is 1.09 bits per heavy atom. The quantitative estimate of drug-likeness (QED) is 0.516. The van der Waals surface area contributed by atoms with E-state index in [0.717, 1.165) is 11.0 Å². The Hall–Kier alpha value is -2.53. The second kappa shape index (κ2) is 10.8. The summed E-state index contributed by atoms with van der Waals surface area (Å²) in [6, 6.07) is 13.9. The van der Waals surface area contributed by atoms with E-state index in [2.05, 4.69) is 30.5 Å². The van der Waals surface area contributed by atoms with E-state index in [1.54, 1.807) is 0 Å². The molecule has 2 aromatic carbocycles. The fourth-order valence-electron chi connectivity index (χ4n) is 3.71. The molecule has 0 unspecified atom stereocenters. The standard InChI is InChI=1S/C24H31N3O5S2/c1-4-33(29,30)26-16-20-13-14-27(17-20)34(31,32)23-11-9-22(10-12-23)24(28)25-15-19-5-7-21(8-6-19)18(2)3/h4-12,18,20,26H,1,13-17H2,2-3H3,(H,25,28)/t20-/m1/s1. The summed E-state index contributed by atoms with van der Waals surface area (Å²) in [5.41, 5.74) is 2.58. The highest BCUT2D eigenvalue weighted by Crippen LogP contribution is 2.24. The molecule has 1 heterocycles. The third kappa shape index (κ3) is 6.53. The van der Waals surface area contributed by atoms with Gasteiger partial charge >= 0.3 is 0 Å². The van der Waals surface area contributed by atoms with Crippen molar-refractivity contribution in [2.45, 2.75) is 37.6 Å². The van der Waals surface area contributed by atoms with Gasteiger partial charge in [0, 0.05) is 37.2 Å². The Morgan fingerprint density at radius 2 is 1.74 bits per heavy atom. The lowest BCUT2D eigenvalue weighted by Gasteiger charge is -2.17. The SMILES string of the molecule is C=CS(=O)(=O)NC[C@H]1CCN(S(=O)(=O)c2ccc(C(=O)NCc3ccc(C(C)C)cc3)cc2)C1. The van der Waals surface area contributed by atoms with Crippen molar-refractivity contribution < 1.29 is 21.6 Å². The van der Waals surface area contributed by atoms with Gasteiger partial charge < -0.3 is 5.32 Å². The summed E-state index contributed by atoms with van der Waals surface area (Å²) in [4.78, 5) is 12.6. The molecule has 8 nitrogen and oxygen atoms in total. The van der Waals surface area contributed by atoms with E-state index in [4.69, 9.17) is 0 Å². The van der Waals surface area contributed by atoms with Crippen LogP contribution in [0.1, 0.15) is 47.7 Å². The van der Waals surface area contributed by atoms with Gasteiger partial charge in [-0.3, -0.25) is 4.79 Å². The van der Waals surface area contributed by atoms with E-state index >= 15 is 0 Å². The predicted molar refractivity (Wildman–Crippen MR) is 132 cm³/mol. The maximum absolute atomic E-state index is 13.0. The van der Waals surface area contributed by atoms with Crippen molar-refractivity contribution in [3.8, 4) is 0 Å². The highest BCUT2D eigenvalue weighted by molar-refractivity contribution is 7.92. The van der Waals surface area contributed by atoms with Gasteiger partial charge in [-0.05, 0) is 53.6 Å². The second-order valence-corrected chi connectivity index (χ2v) is 12.3. The number of carbonyl (C=O) groups is 1. The van der Waals surface area contributed by atoms with Crippen LogP contribution in [0.5, 0.6) is 0 Å². The maximum atomic E-state index is 13.0. The van der Waals surface area contributed by atoms with Crippen LogP contribution in [0.15, 0.2) is 65.4 Å². The molecule has 34 heavy (non-hydrogen) atoms. The van der Waals surface area contributed by atoms with Gasteiger partial charge in [-0.2, -0.15) is 4.31 Å². The van der Waals surface area contributed by atoms with Crippen LogP contribution >= 0.6 is 0 Å². The summed E-state index contributed by atoms with van der Waals surface area (Å²) >= 11 is 0. The minimum atomic E-state index is -3.74. The number of rotatable bonds is 10. The molecule has 1 aliphatic rings. The van der Waals surface area contributed by atoms with E-state index in [1.807, 2.05) is 24.3 Å². The van der Waals surface area contributed by atoms with E-state index < -0.39 is 20.0 Å². The van der Waals surface area contributed by atoms with Crippen LogP contribution in [0.2, 0.25) is 0 Å². The molecule has 10 heteroatoms. The minimum absolute atomic E-state index is 0.0978. The van der Waals surface area contributed by atoms with Crippen LogP contribution in [0.25, 0.3) is 0 Å². The van der Waals surface area contributed by atoms with Crippen LogP contribution in [0.4, 0.5) is 0 Å². The molecule has 0 bridgehead atoms. The van der Waals surface area contributed by atoms with Gasteiger partial charge in [0.2, 0.25) is 20.0 Å². The molecule has 2 aromatic rings. The van der Waals surface area contributed by atoms with E-state index in [9.17, 15) is 21.6 Å². The fourth-order valence-corrected chi connectivity index (χ4v) is 5.82. The number of hydrogen-bond donors (Lipinski definition) is 2. The summed E-state index contributed by atoms with van der Waals surface area (Å²) in [6.07, 6.45) is 0.553. The fraction of sp³-hybridized carbons (Fsp3) is 0.375. The Kier molecular flexibility index (Phi) is 8.29. The molecule has 0 aromatic heterocycles. The normalized spacial score (nSPS) is 17.1. The smallest absolute Gasteiger partial charge is 0.251 e. The number of carbonyl (C=O) groups excluding carboxylic acids is 1. The first-order chi connectivity index (χ1) is 16.0. The maximum Gasteiger partial charge on any atom is 0.251 e. The molecular formula is C24H31N3O5S2. The summed E-state index contributed by atoms with van der Waals surface area (Å²) in [5.74, 6) is 0.0340. The predicted octanol–water partition coefficient (Wildman–Crippen LogP) is 2.81. The number of amides is 1. The number of nitrogens with zero attached hydrogens (tertiary/aromatic N) is 1. The van der Waals surface area contributed by atoms with Gasteiger partial charge in [0.25, 0.3) is 5.91 Å². The van der Waals surface area contributed by atoms with Crippen molar-refractivity contribution in [3.05, 3.63) is 77.2 Å². The van der Waals surface area contributed by atoms with Crippen molar-refractivity contribution >= 4 is 26.0 Å². The van der Waals surface area contributed by atoms with Gasteiger partial charge in [0.15, 0.2) is 0 Å². The third-order valence-corrected chi connectivity index (χ3v) is 8.78. The molecule has 1 amide bonds. The summed E-state index contributed by atoms with van der Waals surface area (Å²) in [7, 11) is -7.28. The lowest BCUT2D eigenvalue weighted by molar-refractivity contribution is 0.0950. The molecule has 0 spiro atoms. The zero-order valence-corrected chi connectivity index (χ0v) is 21.0. The molecule has 1 fully saturated rings. The molecule has 3 rings (SSSR count). The van der Waals surface area contributed by atoms with Gasteiger partial charge in [-0.1, -0.05) is 44.7 Å². The average Bonchev–Trinajstić information content (AvgIpc) is 3.32. The summed E-state index contributed by atoms with van der Waals surface area (Å²) in [6.45, 7) is 8.54. The monoisotopic (exact) mass is 505 g/mol. The third-order valence-electron chi connectivity index (χ3n) is 5.89. The summed E-state index contributed by atoms with van der Waals surface area (Å²) in [5, 5.41) is 3.68. The highest BCUT2D eigenvalue weighted by Gasteiger charge is 2.32. The molecule has 0 saturated carbocycles. The lowest BCUT2D eigenvalue weighted by Crippen LogP contribution is -2.32. The van der Waals surface area contributed by atoms with Crippen LogP contribution in [-0.2, 0) is 26.6 Å². The van der Waals surface area contributed by atoms with Crippen LogP contribution in [0.3, 0.4) is 0 Å². The van der Waals surface area contributed by atoms with Crippen molar-refractivity contribution in [3.63, 3.8) is 0 Å². The molecule has 1 saturated heterocycles. The first-order valence-electron chi connectivity index (χ1n) is 11.1. The Morgan fingerprint density at radius 3 is 2.32 bits per heavy atom. The van der Waals surface area contributed by atoms with Crippen LogP contribution in [-0.4, -0.2) is 46.7 Å². The van der Waals surface area contributed by atoms with Gasteiger partial charge in [-0.15, -0.1) is 0 Å². The lowest BCUT2D eigenvalue weighted by atomic mass is 10.0. The number of benzene rings is 2. The Labute approximate surface area is 202 Å². The Balaban J connectivity index is 1.57. The largest absolute Gasteiger partial charge is 0.348 e. The molecule has 1 aliphatic heterocycles. The zero-order valence-electron chi connectivity index (χ0n) is 19.4. The molecule has 184 valence electrons. The van der Waals surface area contributed by atoms with Crippen LogP contribution < -0.4 is 10.0 Å². The van der Waals surface area contributed by atoms with E-state index in [1.165, 1.54) is 34.1 Å². The van der Waals surface area contributed by atoms with Gasteiger partial charge in [0.05, 0.1) is 4.90 Å². The number of sulfonamides is 2. The van der Waals surface area contributed by atoms with Gasteiger partial charge in [0.1, 0.15) is 0 Å². The topological polar surface area (TPSA) is 113 Å². The molecule has 1 atom stereocenters. The van der Waals surface area contributed by atoms with Crippen molar-refractivity contribution in [1.82, 2.24) is 14.3 Å². The highest BCUT2D eigenvalue weighted by atomic mass is 32.2. The Bertz CT molecular complexity index is 1220. The van der Waals surface area contributed by atoms with Crippen molar-refractivity contribution in [1.29, 1.82) is 0 Å². The van der Waals surface area contributed by atoms with Crippen molar-refractivity contribution in [2.24, 2.45) is 5.92 Å². The second-order valence-electron chi connectivity index (χ2n) is 8.68. The average molecular weight is 506 g/mol. The van der Waals surface area contributed by atoms with Crippen molar-refractivity contribution in [2.75, 3.05) is 19.6 Å². The summed E-state index contributed by atoms with van der Waals surface area (Å²) < 4.78 is 52.7. The van der Waals surface area contributed by atoms with Crippen LogP contribution in [0, 0.1) is 5.92 Å². The first kappa shape index (κ1) is 26.1. The molecular weight excluding hydrogens is 474 g/mol. The number of hydrogen-bond acceptors (Lipinski definition) is 5. The molecule has 0 radical (unpaired) electrons. The number of nitrogens with one attached hydrogen (secondary N) is 2. The van der Waals surface area contributed by atoms with E-state index in [0.29, 0.717) is 31.0 Å². The minimum Gasteiger partial charge on any atom is -0.348 e. The zero-order chi connectivity index (χ0) is 24.9. The first-order valence-corrected chi connectivity index (χ1v) is 14.1. The molecule has 2 N–H and O–H groups in total. The van der Waals surface area contributed by atoms with Gasteiger partial charge in [-0.25, -0.2) is 21.6 Å².